The highest BCUT2D eigenvalue weighted by molar-refractivity contribution is 5.97. The standard InChI is InChI=1S/C21H23N3O5/c1-15(29-21(26)16-6-5-7-19(14-16)24(27)28)20(25)22-17-8-10-18(11-9-17)23-12-3-2-4-13-23/h5-11,14-15H,2-4,12-13H2,1H3,(H,22,25)/t15-/m1/s1. The molecule has 29 heavy (non-hydrogen) atoms. The third kappa shape index (κ3) is 5.31. The molecule has 0 bridgehead atoms. The predicted molar refractivity (Wildman–Crippen MR) is 109 cm³/mol. The molecule has 0 spiro atoms. The van der Waals surface area contributed by atoms with Gasteiger partial charge >= 0.3 is 5.97 Å². The van der Waals surface area contributed by atoms with E-state index in [2.05, 4.69) is 10.2 Å². The lowest BCUT2D eigenvalue weighted by Gasteiger charge is -2.28. The summed E-state index contributed by atoms with van der Waals surface area (Å²) >= 11 is 0. The molecule has 1 aliphatic heterocycles. The summed E-state index contributed by atoms with van der Waals surface area (Å²) in [5.74, 6) is -1.27. The largest absolute Gasteiger partial charge is 0.449 e. The molecular weight excluding hydrogens is 374 g/mol. The molecule has 0 aliphatic carbocycles. The van der Waals surface area contributed by atoms with E-state index in [1.165, 1.54) is 44.4 Å². The molecule has 1 N–H and O–H groups in total. The summed E-state index contributed by atoms with van der Waals surface area (Å²) in [4.78, 5) is 37.1. The van der Waals surface area contributed by atoms with Crippen molar-refractivity contribution < 1.29 is 19.2 Å². The third-order valence-corrected chi connectivity index (χ3v) is 4.80. The Labute approximate surface area is 168 Å². The highest BCUT2D eigenvalue weighted by Crippen LogP contribution is 2.22. The van der Waals surface area contributed by atoms with Crippen molar-refractivity contribution in [2.45, 2.75) is 32.3 Å². The molecule has 3 rings (SSSR count). The lowest BCUT2D eigenvalue weighted by atomic mass is 10.1. The number of anilines is 2. The first-order chi connectivity index (χ1) is 13.9. The van der Waals surface area contributed by atoms with Crippen molar-refractivity contribution in [1.82, 2.24) is 0 Å². The average Bonchev–Trinajstić information content (AvgIpc) is 2.75. The van der Waals surface area contributed by atoms with Crippen molar-refractivity contribution in [2.24, 2.45) is 0 Å². The number of carbonyl (C=O) groups excluding carboxylic acids is 2. The maximum Gasteiger partial charge on any atom is 0.339 e. The molecule has 152 valence electrons. The van der Waals surface area contributed by atoms with Crippen LogP contribution in [-0.2, 0) is 9.53 Å². The second kappa shape index (κ2) is 9.18. The van der Waals surface area contributed by atoms with Gasteiger partial charge in [0.1, 0.15) is 0 Å². The fourth-order valence-corrected chi connectivity index (χ4v) is 3.18. The number of hydrogen-bond acceptors (Lipinski definition) is 6. The van der Waals surface area contributed by atoms with Crippen LogP contribution in [0.25, 0.3) is 0 Å². The van der Waals surface area contributed by atoms with E-state index in [9.17, 15) is 19.7 Å². The number of hydrogen-bond donors (Lipinski definition) is 1. The second-order valence-corrected chi connectivity index (χ2v) is 6.94. The highest BCUT2D eigenvalue weighted by Gasteiger charge is 2.20. The lowest BCUT2D eigenvalue weighted by molar-refractivity contribution is -0.384. The van der Waals surface area contributed by atoms with Crippen LogP contribution in [0.4, 0.5) is 17.1 Å². The average molecular weight is 397 g/mol. The smallest absolute Gasteiger partial charge is 0.339 e. The number of piperidine rings is 1. The lowest BCUT2D eigenvalue weighted by Crippen LogP contribution is -2.30. The number of ether oxygens (including phenoxy) is 1. The first-order valence-electron chi connectivity index (χ1n) is 9.55. The number of benzene rings is 2. The molecule has 1 aliphatic rings. The number of rotatable bonds is 6. The van der Waals surface area contributed by atoms with Gasteiger partial charge in [-0.05, 0) is 56.5 Å². The van der Waals surface area contributed by atoms with Gasteiger partial charge in [-0.15, -0.1) is 0 Å². The van der Waals surface area contributed by atoms with Crippen LogP contribution < -0.4 is 10.2 Å². The Morgan fingerprint density at radius 3 is 2.45 bits per heavy atom. The second-order valence-electron chi connectivity index (χ2n) is 6.94. The minimum Gasteiger partial charge on any atom is -0.449 e. The predicted octanol–water partition coefficient (Wildman–Crippen LogP) is 3.77. The summed E-state index contributed by atoms with van der Waals surface area (Å²) < 4.78 is 5.14. The zero-order valence-corrected chi connectivity index (χ0v) is 16.2. The zero-order valence-electron chi connectivity index (χ0n) is 16.2. The molecule has 1 atom stereocenters. The van der Waals surface area contributed by atoms with Crippen LogP contribution >= 0.6 is 0 Å². The molecule has 2 aromatic carbocycles. The maximum atomic E-state index is 12.3. The van der Waals surface area contributed by atoms with Crippen LogP contribution in [0.5, 0.6) is 0 Å². The summed E-state index contributed by atoms with van der Waals surface area (Å²) in [6.45, 7) is 3.53. The molecule has 1 fully saturated rings. The summed E-state index contributed by atoms with van der Waals surface area (Å²) in [6, 6.07) is 12.7. The van der Waals surface area contributed by atoms with Gasteiger partial charge in [0.15, 0.2) is 6.10 Å². The number of nitro benzene ring substituents is 1. The SMILES string of the molecule is C[C@@H](OC(=O)c1cccc([N+](=O)[O-])c1)C(=O)Nc1ccc(N2CCCCC2)cc1. The Hall–Kier alpha value is -3.42. The topological polar surface area (TPSA) is 102 Å². The number of amides is 1. The van der Waals surface area contributed by atoms with Crippen molar-refractivity contribution >= 4 is 28.9 Å². The van der Waals surface area contributed by atoms with Gasteiger partial charge < -0.3 is 15.0 Å². The first kappa shape index (κ1) is 20.3. The molecule has 8 heteroatoms. The Balaban J connectivity index is 1.56. The van der Waals surface area contributed by atoms with Crippen LogP contribution in [0.3, 0.4) is 0 Å². The summed E-state index contributed by atoms with van der Waals surface area (Å²) in [5, 5.41) is 13.5. The summed E-state index contributed by atoms with van der Waals surface area (Å²) in [6.07, 6.45) is 2.58. The van der Waals surface area contributed by atoms with E-state index in [-0.39, 0.29) is 11.3 Å². The van der Waals surface area contributed by atoms with E-state index >= 15 is 0 Å². The molecule has 0 aromatic heterocycles. The number of non-ortho nitro benzene ring substituents is 1. The van der Waals surface area contributed by atoms with Crippen LogP contribution in [0.1, 0.15) is 36.5 Å². The van der Waals surface area contributed by atoms with Crippen molar-refractivity contribution in [2.75, 3.05) is 23.3 Å². The number of nitro groups is 1. The van der Waals surface area contributed by atoms with Crippen LogP contribution in [0.2, 0.25) is 0 Å². The van der Waals surface area contributed by atoms with Gasteiger partial charge in [-0.1, -0.05) is 6.07 Å². The highest BCUT2D eigenvalue weighted by atomic mass is 16.6. The molecule has 2 aromatic rings. The first-order valence-corrected chi connectivity index (χ1v) is 9.55. The van der Waals surface area contributed by atoms with E-state index in [0.717, 1.165) is 24.8 Å². The third-order valence-electron chi connectivity index (χ3n) is 4.80. The normalized spacial score (nSPS) is 14.7. The molecule has 1 saturated heterocycles. The van der Waals surface area contributed by atoms with E-state index in [1.54, 1.807) is 0 Å². The number of carbonyl (C=O) groups is 2. The quantitative estimate of drug-likeness (QED) is 0.452. The maximum absolute atomic E-state index is 12.3. The minimum atomic E-state index is -1.05. The van der Waals surface area contributed by atoms with Crippen molar-refractivity contribution in [3.63, 3.8) is 0 Å². The Morgan fingerprint density at radius 1 is 1.10 bits per heavy atom. The van der Waals surface area contributed by atoms with Gasteiger partial charge in [0.05, 0.1) is 10.5 Å². The van der Waals surface area contributed by atoms with Crippen LogP contribution in [0, 0.1) is 10.1 Å². The van der Waals surface area contributed by atoms with Gasteiger partial charge in [0.25, 0.3) is 11.6 Å². The minimum absolute atomic E-state index is 0.0183. The van der Waals surface area contributed by atoms with E-state index < -0.39 is 22.9 Å². The van der Waals surface area contributed by atoms with E-state index in [0.29, 0.717) is 5.69 Å². The number of nitrogens with zero attached hydrogens (tertiary/aromatic N) is 2. The Morgan fingerprint density at radius 2 is 1.79 bits per heavy atom. The van der Waals surface area contributed by atoms with E-state index in [4.69, 9.17) is 4.74 Å². The molecule has 1 heterocycles. The monoisotopic (exact) mass is 397 g/mol. The molecule has 0 saturated carbocycles. The van der Waals surface area contributed by atoms with Crippen molar-refractivity contribution in [1.29, 1.82) is 0 Å². The Kier molecular flexibility index (Phi) is 6.43. The molecule has 0 radical (unpaired) electrons. The number of esters is 1. The molecular formula is C21H23N3O5. The molecule has 0 unspecified atom stereocenters. The van der Waals surface area contributed by atoms with Crippen LogP contribution in [-0.4, -0.2) is 36.0 Å². The Bertz CT molecular complexity index is 891. The van der Waals surface area contributed by atoms with Crippen molar-refractivity contribution in [3.05, 3.63) is 64.2 Å². The summed E-state index contributed by atoms with van der Waals surface area (Å²) in [7, 11) is 0. The van der Waals surface area contributed by atoms with Gasteiger partial charge in [-0.3, -0.25) is 14.9 Å². The fourth-order valence-electron chi connectivity index (χ4n) is 3.18. The summed E-state index contributed by atoms with van der Waals surface area (Å²) in [5.41, 5.74) is 1.52. The zero-order chi connectivity index (χ0) is 20.8. The van der Waals surface area contributed by atoms with Gasteiger partial charge in [-0.2, -0.15) is 0 Å². The van der Waals surface area contributed by atoms with Crippen molar-refractivity contribution in [3.8, 4) is 0 Å². The van der Waals surface area contributed by atoms with Crippen LogP contribution in [0.15, 0.2) is 48.5 Å². The van der Waals surface area contributed by atoms with Gasteiger partial charge in [-0.25, -0.2) is 4.79 Å². The van der Waals surface area contributed by atoms with Gasteiger partial charge in [0.2, 0.25) is 0 Å². The fraction of sp³-hybridized carbons (Fsp3) is 0.333. The van der Waals surface area contributed by atoms with E-state index in [1.807, 2.05) is 24.3 Å². The molecule has 8 nitrogen and oxygen atoms in total. The number of nitrogens with one attached hydrogen (secondary N) is 1. The van der Waals surface area contributed by atoms with Gasteiger partial charge in [0, 0.05) is 36.6 Å². The molecule has 1 amide bonds.